The number of benzene rings is 1. The molecule has 0 aromatic heterocycles. The van der Waals surface area contributed by atoms with E-state index in [0.717, 1.165) is 6.54 Å². The quantitative estimate of drug-likeness (QED) is 0.537. The first kappa shape index (κ1) is 17.6. The fraction of sp³-hybridized carbons (Fsp3) is 0.462. The lowest BCUT2D eigenvalue weighted by molar-refractivity contribution is 0.0953. The van der Waals surface area contributed by atoms with Crippen molar-refractivity contribution < 1.29 is 17.9 Å². The maximum absolute atomic E-state index is 11.8. The van der Waals surface area contributed by atoms with Crippen LogP contribution < -0.4 is 15.4 Å². The van der Waals surface area contributed by atoms with E-state index in [-0.39, 0.29) is 10.8 Å². The summed E-state index contributed by atoms with van der Waals surface area (Å²) in [6.07, 6.45) is 0. The van der Waals surface area contributed by atoms with Crippen LogP contribution in [-0.2, 0) is 14.8 Å². The summed E-state index contributed by atoms with van der Waals surface area (Å²) in [6.45, 7) is 2.47. The number of methoxy groups -OCH3 is 1. The van der Waals surface area contributed by atoms with E-state index in [2.05, 4.69) is 15.4 Å². The van der Waals surface area contributed by atoms with Gasteiger partial charge in [0, 0.05) is 32.3 Å². The van der Waals surface area contributed by atoms with Crippen molar-refractivity contribution >= 4 is 15.9 Å². The number of hydrogen-bond donors (Lipinski definition) is 3. The molecule has 0 spiro atoms. The van der Waals surface area contributed by atoms with Gasteiger partial charge in [0.25, 0.3) is 5.91 Å². The Morgan fingerprint density at radius 1 is 1.14 bits per heavy atom. The molecule has 0 fully saturated rings. The van der Waals surface area contributed by atoms with E-state index in [1.165, 1.54) is 31.3 Å². The fourth-order valence-corrected chi connectivity index (χ4v) is 2.30. The van der Waals surface area contributed by atoms with Gasteiger partial charge in [0.1, 0.15) is 0 Å². The first-order chi connectivity index (χ1) is 10.0. The summed E-state index contributed by atoms with van der Waals surface area (Å²) >= 11 is 0. The van der Waals surface area contributed by atoms with Gasteiger partial charge in [-0.1, -0.05) is 0 Å². The van der Waals surface area contributed by atoms with Gasteiger partial charge in [-0.05, 0) is 31.3 Å². The first-order valence-corrected chi connectivity index (χ1v) is 8.01. The van der Waals surface area contributed by atoms with Gasteiger partial charge >= 0.3 is 0 Å². The van der Waals surface area contributed by atoms with Crippen LogP contribution in [-0.4, -0.2) is 54.7 Å². The highest BCUT2D eigenvalue weighted by atomic mass is 32.2. The largest absolute Gasteiger partial charge is 0.383 e. The van der Waals surface area contributed by atoms with Crippen molar-refractivity contribution in [1.29, 1.82) is 0 Å². The van der Waals surface area contributed by atoms with Crippen molar-refractivity contribution in [3.05, 3.63) is 29.8 Å². The summed E-state index contributed by atoms with van der Waals surface area (Å²) in [6, 6.07) is 5.77. The number of rotatable bonds is 9. The maximum atomic E-state index is 11.8. The lowest BCUT2D eigenvalue weighted by Gasteiger charge is -2.07. The zero-order valence-corrected chi connectivity index (χ0v) is 13.0. The molecule has 8 heteroatoms. The van der Waals surface area contributed by atoms with Gasteiger partial charge in [-0.25, -0.2) is 13.1 Å². The Bertz CT molecular complexity index is 543. The second kappa shape index (κ2) is 8.73. The number of carbonyl (C=O) groups excluding carboxylic acids is 1. The van der Waals surface area contributed by atoms with Crippen LogP contribution in [0.15, 0.2) is 29.2 Å². The minimum atomic E-state index is -3.47. The second-order valence-electron chi connectivity index (χ2n) is 4.23. The number of hydrogen-bond acceptors (Lipinski definition) is 5. The summed E-state index contributed by atoms with van der Waals surface area (Å²) in [4.78, 5) is 12.0. The van der Waals surface area contributed by atoms with E-state index in [0.29, 0.717) is 25.3 Å². The maximum Gasteiger partial charge on any atom is 0.251 e. The van der Waals surface area contributed by atoms with Gasteiger partial charge in [-0.2, -0.15) is 0 Å². The molecule has 0 aliphatic heterocycles. The Kier molecular flexibility index (Phi) is 7.30. The number of sulfonamides is 1. The highest BCUT2D eigenvalue weighted by Gasteiger charge is 2.12. The zero-order valence-electron chi connectivity index (χ0n) is 12.2. The Hall–Kier alpha value is -1.48. The molecule has 0 unspecified atom stereocenters. The van der Waals surface area contributed by atoms with Crippen LogP contribution in [0.25, 0.3) is 0 Å². The van der Waals surface area contributed by atoms with Gasteiger partial charge in [0.05, 0.1) is 11.5 Å². The van der Waals surface area contributed by atoms with Crippen LogP contribution in [0.3, 0.4) is 0 Å². The second-order valence-corrected chi connectivity index (χ2v) is 6.12. The van der Waals surface area contributed by atoms with Crippen molar-refractivity contribution in [2.75, 3.05) is 40.4 Å². The topological polar surface area (TPSA) is 96.5 Å². The van der Waals surface area contributed by atoms with E-state index >= 15 is 0 Å². The molecule has 0 saturated carbocycles. The summed E-state index contributed by atoms with van der Waals surface area (Å²) in [5.41, 5.74) is 0.418. The molecule has 3 N–H and O–H groups in total. The number of amides is 1. The molecule has 1 aromatic rings. The van der Waals surface area contributed by atoms with Crippen molar-refractivity contribution in [3.63, 3.8) is 0 Å². The molecule has 0 bridgehead atoms. The van der Waals surface area contributed by atoms with E-state index in [4.69, 9.17) is 4.74 Å². The van der Waals surface area contributed by atoms with Gasteiger partial charge in [-0.3, -0.25) is 4.79 Å². The summed E-state index contributed by atoms with van der Waals surface area (Å²) in [5.74, 6) is -0.239. The third-order valence-electron chi connectivity index (χ3n) is 2.77. The van der Waals surface area contributed by atoms with Gasteiger partial charge < -0.3 is 15.4 Å². The van der Waals surface area contributed by atoms with Gasteiger partial charge in [-0.15, -0.1) is 0 Å². The summed E-state index contributed by atoms with van der Waals surface area (Å²) < 4.78 is 30.2. The Balaban J connectivity index is 2.45. The smallest absolute Gasteiger partial charge is 0.251 e. The highest BCUT2D eigenvalue weighted by molar-refractivity contribution is 7.89. The summed E-state index contributed by atoms with van der Waals surface area (Å²) in [7, 11) is -0.508. The monoisotopic (exact) mass is 315 g/mol. The SMILES string of the molecule is CNS(=O)(=O)c1ccc(C(=O)NCCNCCOC)cc1. The van der Waals surface area contributed by atoms with Crippen LogP contribution in [0.5, 0.6) is 0 Å². The van der Waals surface area contributed by atoms with Crippen LogP contribution >= 0.6 is 0 Å². The Labute approximate surface area is 125 Å². The average molecular weight is 315 g/mol. The molecule has 1 amide bonds. The third-order valence-corrected chi connectivity index (χ3v) is 4.20. The summed E-state index contributed by atoms with van der Waals surface area (Å²) in [5, 5.41) is 5.84. The minimum Gasteiger partial charge on any atom is -0.383 e. The van der Waals surface area contributed by atoms with Crippen LogP contribution in [0.2, 0.25) is 0 Å². The van der Waals surface area contributed by atoms with E-state index in [1.807, 2.05) is 0 Å². The average Bonchev–Trinajstić information content (AvgIpc) is 2.50. The molecule has 0 heterocycles. The lowest BCUT2D eigenvalue weighted by atomic mass is 10.2. The molecule has 0 aliphatic rings. The molecule has 1 aromatic carbocycles. The number of carbonyl (C=O) groups is 1. The zero-order chi connectivity index (χ0) is 15.7. The van der Waals surface area contributed by atoms with Crippen LogP contribution in [0.4, 0.5) is 0 Å². The Morgan fingerprint density at radius 2 is 1.81 bits per heavy atom. The van der Waals surface area contributed by atoms with Crippen molar-refractivity contribution in [2.45, 2.75) is 4.90 Å². The third kappa shape index (κ3) is 5.80. The fourth-order valence-electron chi connectivity index (χ4n) is 1.57. The number of nitrogens with one attached hydrogen (secondary N) is 3. The van der Waals surface area contributed by atoms with Crippen molar-refractivity contribution in [2.24, 2.45) is 0 Å². The molecule has 21 heavy (non-hydrogen) atoms. The predicted molar refractivity (Wildman–Crippen MR) is 79.8 cm³/mol. The molecule has 0 saturated heterocycles. The van der Waals surface area contributed by atoms with Crippen LogP contribution in [0, 0.1) is 0 Å². The van der Waals surface area contributed by atoms with Gasteiger partial charge in [0.15, 0.2) is 0 Å². The molecule has 0 radical (unpaired) electrons. The van der Waals surface area contributed by atoms with Crippen LogP contribution in [0.1, 0.15) is 10.4 Å². The minimum absolute atomic E-state index is 0.128. The molecular weight excluding hydrogens is 294 g/mol. The van der Waals surface area contributed by atoms with E-state index in [1.54, 1.807) is 7.11 Å². The standard InChI is InChI=1S/C13H21N3O4S/c1-14-21(18,19)12-5-3-11(4-6-12)13(17)16-8-7-15-9-10-20-2/h3-6,14-15H,7-10H2,1-2H3,(H,16,17). The molecule has 0 aliphatic carbocycles. The highest BCUT2D eigenvalue weighted by Crippen LogP contribution is 2.09. The van der Waals surface area contributed by atoms with E-state index in [9.17, 15) is 13.2 Å². The predicted octanol–water partition coefficient (Wildman–Crippen LogP) is -0.439. The van der Waals surface area contributed by atoms with E-state index < -0.39 is 10.0 Å². The molecule has 0 atom stereocenters. The first-order valence-electron chi connectivity index (χ1n) is 6.52. The molecular formula is C13H21N3O4S. The number of ether oxygens (including phenoxy) is 1. The molecule has 118 valence electrons. The van der Waals surface area contributed by atoms with Gasteiger partial charge in [0.2, 0.25) is 10.0 Å². The molecule has 1 rings (SSSR count). The van der Waals surface area contributed by atoms with Crippen molar-refractivity contribution in [1.82, 2.24) is 15.4 Å². The lowest BCUT2D eigenvalue weighted by Crippen LogP contribution is -2.33. The van der Waals surface area contributed by atoms with Crippen molar-refractivity contribution in [3.8, 4) is 0 Å². The Morgan fingerprint density at radius 3 is 2.38 bits per heavy atom. The normalized spacial score (nSPS) is 11.3. The molecule has 7 nitrogen and oxygen atoms in total.